The first-order valence-corrected chi connectivity index (χ1v) is 6.29. The van der Waals surface area contributed by atoms with E-state index in [1.54, 1.807) is 0 Å². The number of hydrogen-bond donors (Lipinski definition) is 1. The predicted octanol–water partition coefficient (Wildman–Crippen LogP) is 0.129. The van der Waals surface area contributed by atoms with Crippen molar-refractivity contribution in [3.8, 4) is 0 Å². The molecular weight excluding hydrogens is 202 g/mol. The quantitative estimate of drug-likeness (QED) is 0.744. The summed E-state index contributed by atoms with van der Waals surface area (Å²) >= 11 is 0. The van der Waals surface area contributed by atoms with Gasteiger partial charge in [-0.15, -0.1) is 0 Å². The highest BCUT2D eigenvalue weighted by atomic mass is 16.5. The first kappa shape index (κ1) is 12.3. The number of likely N-dealkylation sites (tertiary alicyclic amines) is 2. The maximum atomic E-state index is 6.05. The molecule has 2 heterocycles. The second-order valence-electron chi connectivity index (χ2n) is 5.49. The van der Waals surface area contributed by atoms with Crippen LogP contribution in [0.5, 0.6) is 0 Å². The molecule has 0 aromatic carbocycles. The Bertz CT molecular complexity index is 236. The summed E-state index contributed by atoms with van der Waals surface area (Å²) in [6.07, 6.45) is 2.75. The van der Waals surface area contributed by atoms with Gasteiger partial charge in [-0.1, -0.05) is 0 Å². The van der Waals surface area contributed by atoms with Crippen LogP contribution in [0.1, 0.15) is 19.8 Å². The number of nitrogens with two attached hydrogens (primary N) is 1. The zero-order valence-corrected chi connectivity index (χ0v) is 10.8. The van der Waals surface area contributed by atoms with Crippen LogP contribution in [0.3, 0.4) is 0 Å². The summed E-state index contributed by atoms with van der Waals surface area (Å²) < 4.78 is 5.45. The third kappa shape index (κ3) is 1.99. The fourth-order valence-corrected chi connectivity index (χ4v) is 3.25. The summed E-state index contributed by atoms with van der Waals surface area (Å²) in [5, 5.41) is 0. The van der Waals surface area contributed by atoms with Gasteiger partial charge in [0.2, 0.25) is 0 Å². The van der Waals surface area contributed by atoms with E-state index in [4.69, 9.17) is 10.5 Å². The number of nitrogens with zero attached hydrogens (tertiary/aromatic N) is 2. The van der Waals surface area contributed by atoms with Crippen molar-refractivity contribution in [2.24, 2.45) is 5.73 Å². The first-order valence-electron chi connectivity index (χ1n) is 6.29. The van der Waals surface area contributed by atoms with E-state index in [-0.39, 0.29) is 5.54 Å². The molecule has 0 aliphatic carbocycles. The lowest BCUT2D eigenvalue weighted by Crippen LogP contribution is -2.54. The average molecular weight is 227 g/mol. The molecule has 2 aliphatic heterocycles. The Morgan fingerprint density at radius 1 is 1.50 bits per heavy atom. The SMILES string of the molecule is COC1CCN(C2(CN)CC(C)N(C)C2)C1. The first-order chi connectivity index (χ1) is 7.61. The minimum Gasteiger partial charge on any atom is -0.380 e. The maximum Gasteiger partial charge on any atom is 0.0710 e. The highest BCUT2D eigenvalue weighted by Crippen LogP contribution is 2.33. The highest BCUT2D eigenvalue weighted by Gasteiger charge is 2.46. The second kappa shape index (κ2) is 4.61. The molecule has 0 saturated carbocycles. The van der Waals surface area contributed by atoms with Gasteiger partial charge in [0.05, 0.1) is 6.10 Å². The van der Waals surface area contributed by atoms with Gasteiger partial charge in [0, 0.05) is 44.9 Å². The van der Waals surface area contributed by atoms with Crippen LogP contribution in [0.25, 0.3) is 0 Å². The van der Waals surface area contributed by atoms with Crippen molar-refractivity contribution in [1.82, 2.24) is 9.80 Å². The lowest BCUT2D eigenvalue weighted by Gasteiger charge is -2.37. The molecule has 2 rings (SSSR count). The normalized spacial score (nSPS) is 42.0. The molecule has 0 radical (unpaired) electrons. The van der Waals surface area contributed by atoms with Crippen molar-refractivity contribution < 1.29 is 4.74 Å². The van der Waals surface area contributed by atoms with E-state index in [0.717, 1.165) is 32.6 Å². The van der Waals surface area contributed by atoms with Gasteiger partial charge in [-0.05, 0) is 26.8 Å². The van der Waals surface area contributed by atoms with Crippen LogP contribution in [0.2, 0.25) is 0 Å². The van der Waals surface area contributed by atoms with Crippen LogP contribution < -0.4 is 5.73 Å². The zero-order valence-electron chi connectivity index (χ0n) is 10.8. The molecule has 94 valence electrons. The Kier molecular flexibility index (Phi) is 3.54. The number of likely N-dealkylation sites (N-methyl/N-ethyl adjacent to an activating group) is 1. The minimum absolute atomic E-state index is 0.196. The third-order valence-electron chi connectivity index (χ3n) is 4.50. The summed E-state index contributed by atoms with van der Waals surface area (Å²) in [7, 11) is 4.01. The van der Waals surface area contributed by atoms with E-state index in [0.29, 0.717) is 12.1 Å². The molecule has 0 amide bonds. The van der Waals surface area contributed by atoms with Crippen molar-refractivity contribution in [3.63, 3.8) is 0 Å². The van der Waals surface area contributed by atoms with Gasteiger partial charge in [0.1, 0.15) is 0 Å². The zero-order chi connectivity index (χ0) is 11.8. The van der Waals surface area contributed by atoms with Gasteiger partial charge in [0.15, 0.2) is 0 Å². The molecule has 16 heavy (non-hydrogen) atoms. The fourth-order valence-electron chi connectivity index (χ4n) is 3.25. The van der Waals surface area contributed by atoms with E-state index in [1.165, 1.54) is 6.42 Å². The Morgan fingerprint density at radius 3 is 2.69 bits per heavy atom. The van der Waals surface area contributed by atoms with Crippen molar-refractivity contribution >= 4 is 0 Å². The monoisotopic (exact) mass is 227 g/mol. The molecular formula is C12H25N3O. The lowest BCUT2D eigenvalue weighted by atomic mass is 9.94. The van der Waals surface area contributed by atoms with Crippen LogP contribution in [-0.2, 0) is 4.74 Å². The van der Waals surface area contributed by atoms with E-state index >= 15 is 0 Å². The Labute approximate surface area is 98.7 Å². The van der Waals surface area contributed by atoms with Crippen LogP contribution in [-0.4, -0.2) is 67.8 Å². The molecule has 2 N–H and O–H groups in total. The van der Waals surface area contributed by atoms with E-state index in [9.17, 15) is 0 Å². The summed E-state index contributed by atoms with van der Waals surface area (Å²) in [5.41, 5.74) is 6.25. The Balaban J connectivity index is 2.06. The summed E-state index contributed by atoms with van der Waals surface area (Å²) in [5.74, 6) is 0. The summed E-state index contributed by atoms with van der Waals surface area (Å²) in [4.78, 5) is 4.98. The summed E-state index contributed by atoms with van der Waals surface area (Å²) in [6, 6.07) is 0.644. The Morgan fingerprint density at radius 2 is 2.25 bits per heavy atom. The van der Waals surface area contributed by atoms with Crippen LogP contribution in [0, 0.1) is 0 Å². The smallest absolute Gasteiger partial charge is 0.0710 e. The molecule has 3 atom stereocenters. The fraction of sp³-hybridized carbons (Fsp3) is 1.00. The van der Waals surface area contributed by atoms with Gasteiger partial charge >= 0.3 is 0 Å². The average Bonchev–Trinajstić information content (AvgIpc) is 2.85. The minimum atomic E-state index is 0.196. The predicted molar refractivity (Wildman–Crippen MR) is 65.5 cm³/mol. The number of methoxy groups -OCH3 is 1. The standard InChI is InChI=1S/C12H25N3O/c1-10-6-12(8-13,9-14(10)2)15-5-4-11(7-15)16-3/h10-11H,4-9,13H2,1-3H3. The molecule has 3 unspecified atom stereocenters. The molecule has 2 aliphatic rings. The molecule has 4 heteroatoms. The molecule has 2 saturated heterocycles. The van der Waals surface area contributed by atoms with Crippen molar-refractivity contribution in [1.29, 1.82) is 0 Å². The van der Waals surface area contributed by atoms with Crippen LogP contribution in [0.15, 0.2) is 0 Å². The largest absolute Gasteiger partial charge is 0.380 e. The van der Waals surface area contributed by atoms with Gasteiger partial charge in [0.25, 0.3) is 0 Å². The van der Waals surface area contributed by atoms with Crippen molar-refractivity contribution in [2.75, 3.05) is 40.3 Å². The maximum absolute atomic E-state index is 6.05. The van der Waals surface area contributed by atoms with Gasteiger partial charge in [-0.3, -0.25) is 4.90 Å². The van der Waals surface area contributed by atoms with E-state index in [1.807, 2.05) is 7.11 Å². The van der Waals surface area contributed by atoms with E-state index < -0.39 is 0 Å². The topological polar surface area (TPSA) is 41.7 Å². The third-order valence-corrected chi connectivity index (χ3v) is 4.50. The lowest BCUT2D eigenvalue weighted by molar-refractivity contribution is 0.0769. The Hall–Kier alpha value is -0.160. The highest BCUT2D eigenvalue weighted by molar-refractivity contribution is 5.04. The number of hydrogen-bond acceptors (Lipinski definition) is 4. The van der Waals surface area contributed by atoms with Crippen LogP contribution in [0.4, 0.5) is 0 Å². The molecule has 0 aromatic rings. The number of ether oxygens (including phenoxy) is 1. The molecule has 0 spiro atoms. The molecule has 2 fully saturated rings. The molecule has 0 aromatic heterocycles. The molecule has 0 bridgehead atoms. The van der Waals surface area contributed by atoms with Crippen LogP contribution >= 0.6 is 0 Å². The second-order valence-corrected chi connectivity index (χ2v) is 5.49. The van der Waals surface area contributed by atoms with Crippen molar-refractivity contribution in [2.45, 2.75) is 37.5 Å². The van der Waals surface area contributed by atoms with E-state index in [2.05, 4.69) is 23.8 Å². The summed E-state index contributed by atoms with van der Waals surface area (Å²) in [6.45, 7) is 6.34. The molecule has 4 nitrogen and oxygen atoms in total. The van der Waals surface area contributed by atoms with Crippen molar-refractivity contribution in [3.05, 3.63) is 0 Å². The van der Waals surface area contributed by atoms with Gasteiger partial charge in [-0.25, -0.2) is 0 Å². The van der Waals surface area contributed by atoms with Gasteiger partial charge in [-0.2, -0.15) is 0 Å². The number of rotatable bonds is 3. The van der Waals surface area contributed by atoms with Gasteiger partial charge < -0.3 is 15.4 Å².